The molecule has 2 aliphatic rings. The molecule has 2 fully saturated rings. The van der Waals surface area contributed by atoms with E-state index in [2.05, 4.69) is 5.32 Å². The van der Waals surface area contributed by atoms with Gasteiger partial charge in [-0.3, -0.25) is 14.9 Å². The van der Waals surface area contributed by atoms with Crippen LogP contribution in [-0.2, 0) is 15.0 Å². The number of piperidine rings is 1. The third-order valence-electron chi connectivity index (χ3n) is 4.73. The summed E-state index contributed by atoms with van der Waals surface area (Å²) in [6.45, 7) is 0. The van der Waals surface area contributed by atoms with Gasteiger partial charge >= 0.3 is 0 Å². The number of hydrogen-bond donors (Lipinski definition) is 1. The van der Waals surface area contributed by atoms with Gasteiger partial charge in [0, 0.05) is 17.8 Å². The number of nitrogens with one attached hydrogen (secondary N) is 1. The van der Waals surface area contributed by atoms with Crippen LogP contribution in [0.5, 0.6) is 5.75 Å². The van der Waals surface area contributed by atoms with Crippen molar-refractivity contribution < 1.29 is 14.3 Å². The highest BCUT2D eigenvalue weighted by Gasteiger charge is 2.50. The summed E-state index contributed by atoms with van der Waals surface area (Å²) in [5.74, 6) is 0.417. The first kappa shape index (κ1) is 13.2. The first-order chi connectivity index (χ1) is 9.65. The van der Waals surface area contributed by atoms with Crippen molar-refractivity contribution in [2.45, 2.75) is 37.5 Å². The number of imide groups is 1. The van der Waals surface area contributed by atoms with Crippen LogP contribution < -0.4 is 10.1 Å². The van der Waals surface area contributed by atoms with Crippen molar-refractivity contribution in [3.8, 4) is 5.75 Å². The maximum absolute atomic E-state index is 12.2. The summed E-state index contributed by atoms with van der Waals surface area (Å²) < 4.78 is 5.29. The predicted octanol–water partition coefficient (Wildman–Crippen LogP) is 2.17. The van der Waals surface area contributed by atoms with Gasteiger partial charge in [-0.25, -0.2) is 0 Å². The second kappa shape index (κ2) is 4.93. The monoisotopic (exact) mass is 273 g/mol. The van der Waals surface area contributed by atoms with Gasteiger partial charge in [0.1, 0.15) is 5.75 Å². The van der Waals surface area contributed by atoms with Gasteiger partial charge in [-0.1, -0.05) is 25.0 Å². The largest absolute Gasteiger partial charge is 0.497 e. The van der Waals surface area contributed by atoms with Crippen molar-refractivity contribution in [3.05, 3.63) is 29.8 Å². The Morgan fingerprint density at radius 2 is 2.15 bits per heavy atom. The summed E-state index contributed by atoms with van der Waals surface area (Å²) in [5.41, 5.74) is 0.719. The molecule has 1 heterocycles. The third-order valence-corrected chi connectivity index (χ3v) is 4.73. The van der Waals surface area contributed by atoms with Gasteiger partial charge in [0.2, 0.25) is 11.8 Å². The van der Waals surface area contributed by atoms with E-state index in [1.165, 1.54) is 0 Å². The van der Waals surface area contributed by atoms with Crippen LogP contribution >= 0.6 is 0 Å². The molecule has 1 aromatic rings. The van der Waals surface area contributed by atoms with Crippen molar-refractivity contribution in [2.75, 3.05) is 7.11 Å². The van der Waals surface area contributed by atoms with Crippen molar-refractivity contribution in [1.29, 1.82) is 0 Å². The molecule has 0 aromatic heterocycles. The summed E-state index contributed by atoms with van der Waals surface area (Å²) in [5, 5.41) is 2.49. The second-order valence-electron chi connectivity index (χ2n) is 5.78. The number of carbonyl (C=O) groups is 2. The quantitative estimate of drug-likeness (QED) is 0.840. The SMILES string of the molecule is COc1cccc([C@@]23CCCC[C@H]2C(=O)NC(=O)C3)c1. The number of amides is 2. The zero-order valence-corrected chi connectivity index (χ0v) is 11.6. The Morgan fingerprint density at radius 1 is 1.30 bits per heavy atom. The van der Waals surface area contributed by atoms with Gasteiger partial charge in [0.15, 0.2) is 0 Å². The molecular weight excluding hydrogens is 254 g/mol. The first-order valence-corrected chi connectivity index (χ1v) is 7.14. The lowest BCUT2D eigenvalue weighted by molar-refractivity contribution is -0.141. The molecule has 2 amide bonds. The maximum Gasteiger partial charge on any atom is 0.230 e. The molecule has 4 heteroatoms. The molecule has 1 aliphatic carbocycles. The van der Waals surface area contributed by atoms with Crippen LogP contribution in [0, 0.1) is 5.92 Å². The van der Waals surface area contributed by atoms with Crippen LogP contribution in [0.1, 0.15) is 37.7 Å². The van der Waals surface area contributed by atoms with E-state index >= 15 is 0 Å². The molecule has 0 unspecified atom stereocenters. The molecule has 0 spiro atoms. The van der Waals surface area contributed by atoms with E-state index in [0.29, 0.717) is 6.42 Å². The zero-order valence-electron chi connectivity index (χ0n) is 11.6. The van der Waals surface area contributed by atoms with Gasteiger partial charge in [0.05, 0.1) is 7.11 Å². The summed E-state index contributed by atoms with van der Waals surface area (Å²) in [7, 11) is 1.63. The number of hydrogen-bond acceptors (Lipinski definition) is 3. The Labute approximate surface area is 118 Å². The lowest BCUT2D eigenvalue weighted by atomic mass is 9.59. The van der Waals surface area contributed by atoms with E-state index in [4.69, 9.17) is 4.74 Å². The molecule has 0 bridgehead atoms. The highest BCUT2D eigenvalue weighted by molar-refractivity contribution is 6.00. The zero-order chi connectivity index (χ0) is 14.2. The van der Waals surface area contributed by atoms with E-state index in [-0.39, 0.29) is 23.1 Å². The summed E-state index contributed by atoms with van der Waals surface area (Å²) in [4.78, 5) is 24.1. The fourth-order valence-corrected chi connectivity index (χ4v) is 3.77. The van der Waals surface area contributed by atoms with Crippen LogP contribution in [0.3, 0.4) is 0 Å². The number of methoxy groups -OCH3 is 1. The first-order valence-electron chi connectivity index (χ1n) is 7.14. The molecule has 4 nitrogen and oxygen atoms in total. The summed E-state index contributed by atoms with van der Waals surface area (Å²) >= 11 is 0. The lowest BCUT2D eigenvalue weighted by Crippen LogP contribution is -2.55. The summed E-state index contributed by atoms with van der Waals surface area (Å²) in [6, 6.07) is 7.82. The van der Waals surface area contributed by atoms with Gasteiger partial charge < -0.3 is 4.74 Å². The molecule has 1 saturated carbocycles. The van der Waals surface area contributed by atoms with Crippen molar-refractivity contribution in [3.63, 3.8) is 0 Å². The topological polar surface area (TPSA) is 55.4 Å². The molecule has 3 rings (SSSR count). The Bertz CT molecular complexity index is 554. The Morgan fingerprint density at radius 3 is 2.95 bits per heavy atom. The normalized spacial score (nSPS) is 29.6. The number of fused-ring (bicyclic) bond motifs is 1. The Hall–Kier alpha value is -1.84. The van der Waals surface area contributed by atoms with E-state index in [1.807, 2.05) is 24.3 Å². The minimum Gasteiger partial charge on any atom is -0.497 e. The fraction of sp³-hybridized carbons (Fsp3) is 0.500. The molecule has 0 radical (unpaired) electrons. The molecule has 1 N–H and O–H groups in total. The highest BCUT2D eigenvalue weighted by Crippen LogP contribution is 2.48. The molecule has 2 atom stereocenters. The predicted molar refractivity (Wildman–Crippen MR) is 74.4 cm³/mol. The lowest BCUT2D eigenvalue weighted by Gasteiger charge is -2.46. The van der Waals surface area contributed by atoms with Crippen LogP contribution in [0.25, 0.3) is 0 Å². The van der Waals surface area contributed by atoms with Gasteiger partial charge in [-0.15, -0.1) is 0 Å². The Kier molecular flexibility index (Phi) is 3.24. The molecule has 1 aromatic carbocycles. The molecule has 106 valence electrons. The van der Waals surface area contributed by atoms with E-state index < -0.39 is 0 Å². The third kappa shape index (κ3) is 1.99. The number of rotatable bonds is 2. The fourth-order valence-electron chi connectivity index (χ4n) is 3.77. The highest BCUT2D eigenvalue weighted by atomic mass is 16.5. The standard InChI is InChI=1S/C16H19NO3/c1-20-12-6-4-5-11(9-12)16-8-3-2-7-13(16)15(19)17-14(18)10-16/h4-6,9,13H,2-3,7-8,10H2,1H3,(H,17,18,19)/t13-,16-/m0/s1. The van der Waals surface area contributed by atoms with Crippen molar-refractivity contribution in [1.82, 2.24) is 5.32 Å². The van der Waals surface area contributed by atoms with Crippen molar-refractivity contribution in [2.24, 2.45) is 5.92 Å². The minimum atomic E-state index is -0.341. The molecular formula is C16H19NO3. The van der Waals surface area contributed by atoms with Crippen molar-refractivity contribution >= 4 is 11.8 Å². The van der Waals surface area contributed by atoms with Gasteiger partial charge in [0.25, 0.3) is 0 Å². The minimum absolute atomic E-state index is 0.0962. The van der Waals surface area contributed by atoms with Crippen LogP contribution in [0.4, 0.5) is 0 Å². The number of ether oxygens (including phenoxy) is 1. The number of benzene rings is 1. The van der Waals surface area contributed by atoms with Crippen LogP contribution in [0.15, 0.2) is 24.3 Å². The van der Waals surface area contributed by atoms with Crippen LogP contribution in [0.2, 0.25) is 0 Å². The van der Waals surface area contributed by atoms with E-state index in [9.17, 15) is 9.59 Å². The van der Waals surface area contributed by atoms with E-state index in [0.717, 1.165) is 37.0 Å². The average Bonchev–Trinajstić information content (AvgIpc) is 2.47. The maximum atomic E-state index is 12.2. The molecule has 1 aliphatic heterocycles. The molecule has 20 heavy (non-hydrogen) atoms. The van der Waals surface area contributed by atoms with Crippen LogP contribution in [-0.4, -0.2) is 18.9 Å². The number of carbonyl (C=O) groups excluding carboxylic acids is 2. The smallest absolute Gasteiger partial charge is 0.230 e. The Balaban J connectivity index is 2.08. The second-order valence-corrected chi connectivity index (χ2v) is 5.78. The summed E-state index contributed by atoms with van der Waals surface area (Å²) in [6.07, 6.45) is 4.27. The van der Waals surface area contributed by atoms with Gasteiger partial charge in [-0.05, 0) is 30.5 Å². The van der Waals surface area contributed by atoms with Gasteiger partial charge in [-0.2, -0.15) is 0 Å². The van der Waals surface area contributed by atoms with E-state index in [1.54, 1.807) is 7.11 Å². The average molecular weight is 273 g/mol. The molecule has 1 saturated heterocycles.